The lowest BCUT2D eigenvalue weighted by Gasteiger charge is -2.21. The van der Waals surface area contributed by atoms with Gasteiger partial charge in [0.05, 0.1) is 24.2 Å². The first-order valence-corrected chi connectivity index (χ1v) is 12.3. The molecule has 2 aromatic carbocycles. The van der Waals surface area contributed by atoms with Crippen molar-refractivity contribution in [1.29, 1.82) is 0 Å². The molecular weight excluding hydrogens is 500 g/mol. The molecule has 2 aliphatic rings. The molecule has 2 fully saturated rings. The first kappa shape index (κ1) is 27.3. The lowest BCUT2D eigenvalue weighted by Crippen LogP contribution is -2.23. The lowest BCUT2D eigenvalue weighted by molar-refractivity contribution is -0.142. The molecule has 1 aliphatic carbocycles. The van der Waals surface area contributed by atoms with Crippen LogP contribution in [0, 0.1) is 11.8 Å². The van der Waals surface area contributed by atoms with Crippen LogP contribution in [-0.2, 0) is 23.7 Å². The van der Waals surface area contributed by atoms with E-state index in [1.807, 2.05) is 24.3 Å². The lowest BCUT2D eigenvalue weighted by atomic mass is 9.91. The van der Waals surface area contributed by atoms with Gasteiger partial charge in [-0.2, -0.15) is 26.3 Å². The third kappa shape index (κ3) is 7.40. The summed E-state index contributed by atoms with van der Waals surface area (Å²) in [6.07, 6.45) is -5.97. The molecule has 4 nitrogen and oxygen atoms in total. The van der Waals surface area contributed by atoms with Crippen molar-refractivity contribution in [3.63, 3.8) is 0 Å². The molecular formula is C27H29F6NO3. The number of carbonyl (C=O) groups is 1. The summed E-state index contributed by atoms with van der Waals surface area (Å²) in [5.74, 6) is 0.297. The van der Waals surface area contributed by atoms with Gasteiger partial charge >= 0.3 is 18.3 Å². The highest BCUT2D eigenvalue weighted by molar-refractivity contribution is 5.68. The summed E-state index contributed by atoms with van der Waals surface area (Å²) in [7, 11) is 0. The van der Waals surface area contributed by atoms with E-state index in [1.54, 1.807) is 4.90 Å². The van der Waals surface area contributed by atoms with Crippen molar-refractivity contribution in [3.8, 4) is 5.75 Å². The number of nitrogens with zero attached hydrogens (tertiary/aromatic N) is 1. The van der Waals surface area contributed by atoms with E-state index in [-0.39, 0.29) is 30.4 Å². The third-order valence-electron chi connectivity index (χ3n) is 7.17. The Kier molecular flexibility index (Phi) is 8.06. The molecule has 1 saturated heterocycles. The zero-order valence-electron chi connectivity index (χ0n) is 20.1. The number of aliphatic carboxylic acids is 1. The minimum Gasteiger partial charge on any atom is -0.494 e. The summed E-state index contributed by atoms with van der Waals surface area (Å²) >= 11 is 0. The van der Waals surface area contributed by atoms with Crippen LogP contribution in [0.2, 0.25) is 0 Å². The highest BCUT2D eigenvalue weighted by Gasteiger charge is 2.38. The number of likely N-dealkylation sites (tertiary alicyclic amines) is 1. The van der Waals surface area contributed by atoms with Gasteiger partial charge in [0.2, 0.25) is 0 Å². The van der Waals surface area contributed by atoms with Crippen LogP contribution in [0.1, 0.15) is 60.3 Å². The van der Waals surface area contributed by atoms with Gasteiger partial charge in [0, 0.05) is 13.1 Å². The molecule has 2 aromatic rings. The van der Waals surface area contributed by atoms with Gasteiger partial charge in [-0.15, -0.1) is 0 Å². The van der Waals surface area contributed by atoms with E-state index in [9.17, 15) is 36.2 Å². The van der Waals surface area contributed by atoms with Gasteiger partial charge in [-0.25, -0.2) is 0 Å². The standard InChI is InChI=1S/C27H29F6NO3/c28-26(29,30)21-6-7-24(27(31,32)33)20(12-21)16-34-10-8-17(15-34)9-11-37-22-3-1-2-19(13-22)23(14-25(35)36)18-4-5-18/h1-3,6-7,12-13,17-18,23H,4-5,8-11,14-16H2,(H,35,36)/t17?,23-/m0/s1. The Morgan fingerprint density at radius 1 is 1.03 bits per heavy atom. The number of ether oxygens (including phenoxy) is 1. The summed E-state index contributed by atoms with van der Waals surface area (Å²) in [6, 6.07) is 9.02. The normalized spacial score (nSPS) is 19.7. The Morgan fingerprint density at radius 2 is 1.78 bits per heavy atom. The Bertz CT molecular complexity index is 1100. The Morgan fingerprint density at radius 3 is 2.43 bits per heavy atom. The molecule has 37 heavy (non-hydrogen) atoms. The molecule has 0 spiro atoms. The Balaban J connectivity index is 1.32. The number of rotatable bonds is 10. The molecule has 0 aromatic heterocycles. The van der Waals surface area contributed by atoms with E-state index in [1.165, 1.54) is 0 Å². The summed E-state index contributed by atoms with van der Waals surface area (Å²) in [5.41, 5.74) is -1.56. The largest absolute Gasteiger partial charge is 0.494 e. The predicted molar refractivity (Wildman–Crippen MR) is 124 cm³/mol. The SMILES string of the molecule is O=C(O)C[C@H](c1cccc(OCCC2CCN(Cc3cc(C(F)(F)F)ccc3C(F)(F)F)C2)c1)C1CC1. The monoisotopic (exact) mass is 529 g/mol. The van der Waals surface area contributed by atoms with Crippen molar-refractivity contribution in [3.05, 3.63) is 64.7 Å². The minimum absolute atomic E-state index is 0.0399. The summed E-state index contributed by atoms with van der Waals surface area (Å²) in [6.45, 7) is 1.14. The van der Waals surface area contributed by atoms with Crippen molar-refractivity contribution in [1.82, 2.24) is 4.90 Å². The number of carboxylic acid groups (broad SMARTS) is 1. The number of halogens is 6. The van der Waals surface area contributed by atoms with E-state index >= 15 is 0 Å². The predicted octanol–water partition coefficient (Wildman–Crippen LogP) is 6.98. The number of hydrogen-bond acceptors (Lipinski definition) is 3. The summed E-state index contributed by atoms with van der Waals surface area (Å²) in [5, 5.41) is 9.23. The second-order valence-corrected chi connectivity index (χ2v) is 10.0. The van der Waals surface area contributed by atoms with E-state index in [0.717, 1.165) is 18.4 Å². The fraction of sp³-hybridized carbons (Fsp3) is 0.519. The number of carboxylic acids is 1. The van der Waals surface area contributed by atoms with Gasteiger partial charge in [0.15, 0.2) is 0 Å². The fourth-order valence-electron chi connectivity index (χ4n) is 5.13. The fourth-order valence-corrected chi connectivity index (χ4v) is 5.13. The van der Waals surface area contributed by atoms with E-state index in [0.29, 0.717) is 62.4 Å². The molecule has 10 heteroatoms. The molecule has 1 N–H and O–H groups in total. The molecule has 4 rings (SSSR count). The van der Waals surface area contributed by atoms with Crippen molar-refractivity contribution < 1.29 is 41.0 Å². The van der Waals surface area contributed by atoms with Gasteiger partial charge in [0.25, 0.3) is 0 Å². The summed E-state index contributed by atoms with van der Waals surface area (Å²) < 4.78 is 85.3. The van der Waals surface area contributed by atoms with Gasteiger partial charge in [0.1, 0.15) is 5.75 Å². The molecule has 1 aliphatic heterocycles. The zero-order valence-corrected chi connectivity index (χ0v) is 20.1. The van der Waals surface area contributed by atoms with Crippen molar-refractivity contribution in [2.45, 2.75) is 56.9 Å². The van der Waals surface area contributed by atoms with E-state index < -0.39 is 29.4 Å². The summed E-state index contributed by atoms with van der Waals surface area (Å²) in [4.78, 5) is 13.0. The average Bonchev–Trinajstić information content (AvgIpc) is 3.56. The molecule has 0 amide bonds. The molecule has 1 heterocycles. The Hall–Kier alpha value is -2.75. The van der Waals surface area contributed by atoms with Gasteiger partial charge in [-0.05, 0) is 91.4 Å². The maximum absolute atomic E-state index is 13.4. The highest BCUT2D eigenvalue weighted by atomic mass is 19.4. The third-order valence-corrected chi connectivity index (χ3v) is 7.17. The maximum Gasteiger partial charge on any atom is 0.416 e. The smallest absolute Gasteiger partial charge is 0.416 e. The molecule has 0 bridgehead atoms. The molecule has 1 unspecified atom stereocenters. The second-order valence-electron chi connectivity index (χ2n) is 10.0. The molecule has 2 atom stereocenters. The van der Waals surface area contributed by atoms with Crippen molar-refractivity contribution in [2.24, 2.45) is 11.8 Å². The van der Waals surface area contributed by atoms with Crippen LogP contribution in [0.15, 0.2) is 42.5 Å². The van der Waals surface area contributed by atoms with Crippen LogP contribution in [0.5, 0.6) is 5.75 Å². The topological polar surface area (TPSA) is 49.8 Å². The molecule has 202 valence electrons. The van der Waals surface area contributed by atoms with E-state index in [2.05, 4.69) is 0 Å². The van der Waals surface area contributed by atoms with Crippen molar-refractivity contribution in [2.75, 3.05) is 19.7 Å². The molecule has 1 saturated carbocycles. The van der Waals surface area contributed by atoms with Gasteiger partial charge in [-0.3, -0.25) is 9.69 Å². The number of alkyl halides is 6. The van der Waals surface area contributed by atoms with Crippen LogP contribution in [0.3, 0.4) is 0 Å². The number of hydrogen-bond donors (Lipinski definition) is 1. The zero-order chi connectivity index (χ0) is 26.8. The quantitative estimate of drug-likeness (QED) is 0.337. The second kappa shape index (κ2) is 10.9. The average molecular weight is 530 g/mol. The Labute approximate surface area is 211 Å². The van der Waals surface area contributed by atoms with Gasteiger partial charge in [-0.1, -0.05) is 12.1 Å². The van der Waals surface area contributed by atoms with Crippen LogP contribution in [0.25, 0.3) is 0 Å². The van der Waals surface area contributed by atoms with E-state index in [4.69, 9.17) is 4.74 Å². The van der Waals surface area contributed by atoms with Crippen LogP contribution in [-0.4, -0.2) is 35.7 Å². The first-order chi connectivity index (χ1) is 17.4. The minimum atomic E-state index is -4.73. The first-order valence-electron chi connectivity index (χ1n) is 12.3. The van der Waals surface area contributed by atoms with Gasteiger partial charge < -0.3 is 9.84 Å². The van der Waals surface area contributed by atoms with Crippen LogP contribution in [0.4, 0.5) is 26.3 Å². The highest BCUT2D eigenvalue weighted by Crippen LogP contribution is 2.45. The maximum atomic E-state index is 13.4. The van der Waals surface area contributed by atoms with Crippen LogP contribution < -0.4 is 4.74 Å². The number of benzene rings is 2. The van der Waals surface area contributed by atoms with Crippen molar-refractivity contribution >= 4 is 5.97 Å². The molecule has 0 radical (unpaired) electrons. The van der Waals surface area contributed by atoms with Crippen LogP contribution >= 0.6 is 0 Å².